The van der Waals surface area contributed by atoms with Gasteiger partial charge in [0.15, 0.2) is 0 Å². The third-order valence-corrected chi connectivity index (χ3v) is 7.20. The summed E-state index contributed by atoms with van der Waals surface area (Å²) in [7, 11) is 0. The number of fused-ring (bicyclic) bond motifs is 3. The molecule has 6 heteroatoms. The van der Waals surface area contributed by atoms with Gasteiger partial charge in [0.2, 0.25) is 5.91 Å². The molecule has 0 spiro atoms. The molecule has 2 heterocycles. The Morgan fingerprint density at radius 1 is 1.24 bits per heavy atom. The minimum absolute atomic E-state index is 0.194. The lowest BCUT2D eigenvalue weighted by Crippen LogP contribution is -2.32. The molecule has 25 heavy (non-hydrogen) atoms. The number of carbonyl (C=O) groups excluding carboxylic acids is 1. The van der Waals surface area contributed by atoms with Gasteiger partial charge in [-0.05, 0) is 57.4 Å². The fraction of sp³-hybridized carbons (Fsp3) is 0.526. The van der Waals surface area contributed by atoms with E-state index in [0.29, 0.717) is 5.75 Å². The van der Waals surface area contributed by atoms with E-state index in [1.54, 1.807) is 29.4 Å². The lowest BCUT2D eigenvalue weighted by molar-refractivity contribution is -0.126. The maximum atomic E-state index is 12.8. The van der Waals surface area contributed by atoms with Crippen LogP contribution < -0.4 is 0 Å². The molecule has 1 amide bonds. The van der Waals surface area contributed by atoms with Gasteiger partial charge in [0.1, 0.15) is 16.2 Å². The van der Waals surface area contributed by atoms with Crippen molar-refractivity contribution < 1.29 is 4.79 Å². The highest BCUT2D eigenvalue weighted by Crippen LogP contribution is 2.40. The highest BCUT2D eigenvalue weighted by molar-refractivity contribution is 8.00. The third-order valence-electron chi connectivity index (χ3n) is 5.03. The summed E-state index contributed by atoms with van der Waals surface area (Å²) in [5.74, 6) is 0.640. The van der Waals surface area contributed by atoms with Crippen LogP contribution in [0.5, 0.6) is 0 Å². The van der Waals surface area contributed by atoms with Crippen molar-refractivity contribution in [3.8, 4) is 0 Å². The molecule has 132 valence electrons. The summed E-state index contributed by atoms with van der Waals surface area (Å²) in [6.07, 6.45) is 12.0. The molecule has 4 rings (SSSR count). The second kappa shape index (κ2) is 7.46. The van der Waals surface area contributed by atoms with E-state index in [2.05, 4.69) is 23.0 Å². The molecule has 2 aromatic rings. The van der Waals surface area contributed by atoms with Crippen molar-refractivity contribution in [2.75, 3.05) is 12.3 Å². The van der Waals surface area contributed by atoms with Gasteiger partial charge in [-0.2, -0.15) is 0 Å². The molecule has 0 radical (unpaired) electrons. The van der Waals surface area contributed by atoms with Gasteiger partial charge in [-0.15, -0.1) is 11.3 Å². The van der Waals surface area contributed by atoms with E-state index in [1.165, 1.54) is 40.8 Å². The number of thioether (sulfide) groups is 1. The van der Waals surface area contributed by atoms with E-state index in [-0.39, 0.29) is 5.91 Å². The maximum Gasteiger partial charge on any atom is 0.237 e. The summed E-state index contributed by atoms with van der Waals surface area (Å²) >= 11 is 3.37. The average molecular weight is 374 g/mol. The van der Waals surface area contributed by atoms with Crippen molar-refractivity contribution in [3.63, 3.8) is 0 Å². The summed E-state index contributed by atoms with van der Waals surface area (Å²) in [6.45, 7) is 2.81. The Labute approximate surface area is 156 Å². The van der Waals surface area contributed by atoms with Crippen LogP contribution in [0.3, 0.4) is 0 Å². The quantitative estimate of drug-likeness (QED) is 0.568. The molecule has 0 bridgehead atoms. The van der Waals surface area contributed by atoms with Crippen molar-refractivity contribution >= 4 is 39.2 Å². The Balaban J connectivity index is 1.52. The lowest BCUT2D eigenvalue weighted by atomic mass is 10.0. The topological polar surface area (TPSA) is 46.1 Å². The zero-order valence-corrected chi connectivity index (χ0v) is 16.2. The second-order valence-electron chi connectivity index (χ2n) is 6.58. The monoisotopic (exact) mass is 373 g/mol. The van der Waals surface area contributed by atoms with Gasteiger partial charge in [-0.1, -0.05) is 17.8 Å². The predicted octanol–water partition coefficient (Wildman–Crippen LogP) is 4.58. The molecule has 0 atom stereocenters. The van der Waals surface area contributed by atoms with Crippen molar-refractivity contribution in [1.29, 1.82) is 0 Å². The average Bonchev–Trinajstić information content (AvgIpc) is 3.22. The van der Waals surface area contributed by atoms with E-state index < -0.39 is 0 Å². The Kier molecular flexibility index (Phi) is 5.08. The van der Waals surface area contributed by atoms with Gasteiger partial charge >= 0.3 is 0 Å². The summed E-state index contributed by atoms with van der Waals surface area (Å²) in [6, 6.07) is 0. The minimum atomic E-state index is 0.194. The summed E-state index contributed by atoms with van der Waals surface area (Å²) in [4.78, 5) is 26.2. The molecule has 0 aromatic carbocycles. The molecule has 0 fully saturated rings. The molecule has 0 N–H and O–H groups in total. The van der Waals surface area contributed by atoms with Crippen LogP contribution in [0.1, 0.15) is 49.5 Å². The molecule has 0 unspecified atom stereocenters. The van der Waals surface area contributed by atoms with E-state index in [9.17, 15) is 4.79 Å². The first-order valence-corrected chi connectivity index (χ1v) is 11.0. The Hall–Kier alpha value is -1.40. The molecule has 2 aromatic heterocycles. The number of hydrogen-bond acceptors (Lipinski definition) is 5. The SMILES string of the molecule is CCN(C(=O)CSc1ncnc2sc3c(c12)CCC3)C1=CCCCC1. The number of thiophene rings is 1. The van der Waals surface area contributed by atoms with E-state index in [4.69, 9.17) is 0 Å². The number of carbonyl (C=O) groups is 1. The fourth-order valence-electron chi connectivity index (χ4n) is 3.82. The summed E-state index contributed by atoms with van der Waals surface area (Å²) < 4.78 is 0. The van der Waals surface area contributed by atoms with Crippen molar-refractivity contribution in [3.05, 3.63) is 28.5 Å². The van der Waals surface area contributed by atoms with E-state index in [0.717, 1.165) is 42.1 Å². The Morgan fingerprint density at radius 3 is 2.96 bits per heavy atom. The molecular weight excluding hydrogens is 350 g/mol. The largest absolute Gasteiger partial charge is 0.316 e. The molecular formula is C19H23N3OS2. The first-order valence-electron chi connectivity index (χ1n) is 9.15. The summed E-state index contributed by atoms with van der Waals surface area (Å²) in [5, 5.41) is 2.18. The third kappa shape index (κ3) is 3.34. The number of nitrogens with zero attached hydrogens (tertiary/aromatic N) is 3. The van der Waals surface area contributed by atoms with Gasteiger partial charge < -0.3 is 4.90 Å². The van der Waals surface area contributed by atoms with Crippen molar-refractivity contribution in [1.82, 2.24) is 14.9 Å². The van der Waals surface area contributed by atoms with Crippen LogP contribution in [0.25, 0.3) is 10.2 Å². The van der Waals surface area contributed by atoms with Gasteiger partial charge in [0.25, 0.3) is 0 Å². The molecule has 0 saturated heterocycles. The first-order chi connectivity index (χ1) is 12.3. The van der Waals surface area contributed by atoms with Crippen LogP contribution in [0, 0.1) is 0 Å². The summed E-state index contributed by atoms with van der Waals surface area (Å²) in [5.41, 5.74) is 2.64. The fourth-order valence-corrected chi connectivity index (χ4v) is 6.02. The van der Waals surface area contributed by atoms with E-state index >= 15 is 0 Å². The highest BCUT2D eigenvalue weighted by atomic mass is 32.2. The minimum Gasteiger partial charge on any atom is -0.316 e. The number of amides is 1. The van der Waals surface area contributed by atoms with E-state index in [1.807, 2.05) is 4.90 Å². The van der Waals surface area contributed by atoms with Crippen LogP contribution in [-0.4, -0.2) is 33.1 Å². The van der Waals surface area contributed by atoms with Gasteiger partial charge in [-0.25, -0.2) is 9.97 Å². The maximum absolute atomic E-state index is 12.8. The van der Waals surface area contributed by atoms with Crippen LogP contribution in [0.2, 0.25) is 0 Å². The van der Waals surface area contributed by atoms with Gasteiger partial charge in [-0.3, -0.25) is 4.79 Å². The number of allylic oxidation sites excluding steroid dienone is 2. The van der Waals surface area contributed by atoms with Gasteiger partial charge in [0, 0.05) is 22.5 Å². The standard InChI is InChI=1S/C19H23N3OS2/c1-2-22(13-7-4-3-5-8-13)16(23)11-24-18-17-14-9-6-10-15(14)25-19(17)21-12-20-18/h7,12H,2-6,8-11H2,1H3. The zero-order chi connectivity index (χ0) is 17.2. The van der Waals surface area contributed by atoms with Crippen LogP contribution in [0.4, 0.5) is 0 Å². The predicted molar refractivity (Wildman–Crippen MR) is 104 cm³/mol. The zero-order valence-electron chi connectivity index (χ0n) is 14.6. The normalized spacial score (nSPS) is 16.8. The second-order valence-corrected chi connectivity index (χ2v) is 8.63. The lowest BCUT2D eigenvalue weighted by Gasteiger charge is -2.26. The molecule has 2 aliphatic rings. The molecule has 2 aliphatic carbocycles. The highest BCUT2D eigenvalue weighted by Gasteiger charge is 2.23. The van der Waals surface area contributed by atoms with Crippen LogP contribution in [0.15, 0.2) is 23.1 Å². The van der Waals surface area contributed by atoms with Crippen molar-refractivity contribution in [2.24, 2.45) is 0 Å². The van der Waals surface area contributed by atoms with Gasteiger partial charge in [0.05, 0.1) is 5.75 Å². The smallest absolute Gasteiger partial charge is 0.237 e. The first kappa shape index (κ1) is 17.0. The van der Waals surface area contributed by atoms with Crippen molar-refractivity contribution in [2.45, 2.75) is 56.9 Å². The van der Waals surface area contributed by atoms with Crippen LogP contribution >= 0.6 is 23.1 Å². The molecule has 4 nitrogen and oxygen atoms in total. The number of hydrogen-bond donors (Lipinski definition) is 0. The number of rotatable bonds is 5. The molecule has 0 aliphatic heterocycles. The number of aromatic nitrogens is 2. The molecule has 0 saturated carbocycles. The Bertz CT molecular complexity index is 827. The number of aryl methyl sites for hydroxylation is 2. The Morgan fingerprint density at radius 2 is 2.16 bits per heavy atom. The van der Waals surface area contributed by atoms with Crippen LogP contribution in [-0.2, 0) is 17.6 Å².